The van der Waals surface area contributed by atoms with E-state index < -0.39 is 0 Å². The molecule has 1 aliphatic rings. The number of nitrogens with zero attached hydrogens (tertiary/aromatic N) is 1. The van der Waals surface area contributed by atoms with Crippen molar-refractivity contribution in [2.24, 2.45) is 10.4 Å². The summed E-state index contributed by atoms with van der Waals surface area (Å²) in [5.74, 6) is 0.836. The third-order valence-corrected chi connectivity index (χ3v) is 5.48. The molecule has 2 heterocycles. The van der Waals surface area contributed by atoms with Gasteiger partial charge >= 0.3 is 0 Å². The predicted octanol–water partition coefficient (Wildman–Crippen LogP) is 2.77. The summed E-state index contributed by atoms with van der Waals surface area (Å²) in [7, 11) is 0. The lowest BCUT2D eigenvalue weighted by Gasteiger charge is -2.27. The molecule has 24 heavy (non-hydrogen) atoms. The average molecular weight is 467 g/mol. The van der Waals surface area contributed by atoms with E-state index in [2.05, 4.69) is 41.6 Å². The lowest BCUT2D eigenvalue weighted by Crippen LogP contribution is -2.44. The molecule has 0 aliphatic carbocycles. The van der Waals surface area contributed by atoms with Crippen molar-refractivity contribution in [2.45, 2.75) is 39.7 Å². The minimum absolute atomic E-state index is 0. The first-order valence-electron chi connectivity index (χ1n) is 8.49. The van der Waals surface area contributed by atoms with Crippen molar-refractivity contribution in [3.8, 4) is 0 Å². The van der Waals surface area contributed by atoms with Crippen LogP contribution >= 0.6 is 35.3 Å². The highest BCUT2D eigenvalue weighted by molar-refractivity contribution is 14.0. The number of hydrogen-bond donors (Lipinski definition) is 3. The fraction of sp³-hybridized carbons (Fsp3) is 0.706. The third kappa shape index (κ3) is 6.50. The molecule has 7 heteroatoms. The monoisotopic (exact) mass is 467 g/mol. The fourth-order valence-corrected chi connectivity index (χ4v) is 3.66. The van der Waals surface area contributed by atoms with Crippen LogP contribution in [0.2, 0.25) is 0 Å². The maximum absolute atomic E-state index is 9.31. The molecule has 0 radical (unpaired) electrons. The molecule has 138 valence electrons. The van der Waals surface area contributed by atoms with Gasteiger partial charge in [-0.2, -0.15) is 0 Å². The fourth-order valence-electron chi connectivity index (χ4n) is 2.78. The molecule has 0 amide bonds. The number of nitrogens with one attached hydrogen (secondary N) is 2. The van der Waals surface area contributed by atoms with Crippen LogP contribution in [0.4, 0.5) is 0 Å². The van der Waals surface area contributed by atoms with Gasteiger partial charge in [0.1, 0.15) is 0 Å². The van der Waals surface area contributed by atoms with Crippen molar-refractivity contribution in [3.63, 3.8) is 0 Å². The summed E-state index contributed by atoms with van der Waals surface area (Å²) in [6.07, 6.45) is 2.84. The van der Waals surface area contributed by atoms with Crippen molar-refractivity contribution in [1.82, 2.24) is 10.6 Å². The summed E-state index contributed by atoms with van der Waals surface area (Å²) in [6, 6.07) is 4.34. The first-order valence-corrected chi connectivity index (χ1v) is 9.31. The molecule has 1 atom stereocenters. The molecule has 5 nitrogen and oxygen atoms in total. The van der Waals surface area contributed by atoms with Crippen molar-refractivity contribution >= 4 is 41.3 Å². The Kier molecular flexibility index (Phi) is 10.2. The SMILES string of the molecule is CCNC(=NCc1ccc(CC)s1)NCC1(CCO)CCOC1.I. The van der Waals surface area contributed by atoms with Crippen LogP contribution < -0.4 is 10.6 Å². The van der Waals surface area contributed by atoms with Gasteiger partial charge in [-0.3, -0.25) is 0 Å². The molecule has 1 unspecified atom stereocenters. The zero-order chi connectivity index (χ0) is 16.5. The smallest absolute Gasteiger partial charge is 0.191 e. The largest absolute Gasteiger partial charge is 0.396 e. The highest BCUT2D eigenvalue weighted by atomic mass is 127. The van der Waals surface area contributed by atoms with Crippen LogP contribution in [0.25, 0.3) is 0 Å². The molecule has 0 aromatic carbocycles. The Morgan fingerprint density at radius 1 is 1.33 bits per heavy atom. The normalized spacial score (nSPS) is 20.7. The summed E-state index contributed by atoms with van der Waals surface area (Å²) < 4.78 is 5.54. The Morgan fingerprint density at radius 2 is 2.12 bits per heavy atom. The number of aliphatic hydroxyl groups is 1. The molecule has 0 bridgehead atoms. The van der Waals surface area contributed by atoms with E-state index >= 15 is 0 Å². The molecule has 0 saturated carbocycles. The summed E-state index contributed by atoms with van der Waals surface area (Å²) in [5, 5.41) is 16.0. The Bertz CT molecular complexity index is 502. The van der Waals surface area contributed by atoms with E-state index in [9.17, 15) is 5.11 Å². The quantitative estimate of drug-likeness (QED) is 0.313. The first kappa shape index (κ1) is 21.7. The second-order valence-electron chi connectivity index (χ2n) is 6.05. The van der Waals surface area contributed by atoms with Gasteiger partial charge < -0.3 is 20.5 Å². The maximum Gasteiger partial charge on any atom is 0.191 e. The van der Waals surface area contributed by atoms with Gasteiger partial charge in [0.05, 0.1) is 13.2 Å². The lowest BCUT2D eigenvalue weighted by atomic mass is 9.84. The Balaban J connectivity index is 0.00000288. The highest BCUT2D eigenvalue weighted by Gasteiger charge is 2.34. The van der Waals surface area contributed by atoms with Crippen molar-refractivity contribution in [2.75, 3.05) is 32.9 Å². The Hall–Kier alpha value is -0.380. The molecular formula is C17H30IN3O2S. The van der Waals surface area contributed by atoms with Crippen LogP contribution in [0.5, 0.6) is 0 Å². The summed E-state index contributed by atoms with van der Waals surface area (Å²) >= 11 is 1.83. The summed E-state index contributed by atoms with van der Waals surface area (Å²) in [6.45, 7) is 8.25. The molecule has 0 spiro atoms. The number of rotatable bonds is 8. The lowest BCUT2D eigenvalue weighted by molar-refractivity contribution is 0.127. The zero-order valence-corrected chi connectivity index (χ0v) is 17.8. The van der Waals surface area contributed by atoms with Gasteiger partial charge in [-0.1, -0.05) is 6.92 Å². The number of aliphatic hydroxyl groups excluding tert-OH is 1. The van der Waals surface area contributed by atoms with E-state index in [0.29, 0.717) is 13.2 Å². The topological polar surface area (TPSA) is 65.9 Å². The van der Waals surface area contributed by atoms with Crippen LogP contribution in [0.15, 0.2) is 17.1 Å². The van der Waals surface area contributed by atoms with Crippen LogP contribution in [0, 0.1) is 5.41 Å². The standard InChI is InChI=1S/C17H29N3O2S.HI/c1-3-14-5-6-15(23-14)11-19-16(18-4-2)20-12-17(7-9-21)8-10-22-13-17;/h5-6,21H,3-4,7-13H2,1-2H3,(H2,18,19,20);1H. The van der Waals surface area contributed by atoms with Crippen LogP contribution in [-0.4, -0.2) is 44.0 Å². The average Bonchev–Trinajstić information content (AvgIpc) is 3.20. The van der Waals surface area contributed by atoms with E-state index in [0.717, 1.165) is 44.9 Å². The molecule has 1 fully saturated rings. The Morgan fingerprint density at radius 3 is 2.71 bits per heavy atom. The molecule has 1 aromatic heterocycles. The Labute approximate surface area is 166 Å². The highest BCUT2D eigenvalue weighted by Crippen LogP contribution is 2.31. The first-order chi connectivity index (χ1) is 11.2. The van der Waals surface area contributed by atoms with Crippen molar-refractivity contribution in [1.29, 1.82) is 0 Å². The molecule has 1 aliphatic heterocycles. The minimum Gasteiger partial charge on any atom is -0.396 e. The van der Waals surface area contributed by atoms with E-state index in [1.165, 1.54) is 9.75 Å². The molecule has 2 rings (SSSR count). The second-order valence-corrected chi connectivity index (χ2v) is 7.30. The summed E-state index contributed by atoms with van der Waals surface area (Å²) in [5.41, 5.74) is 0.0310. The predicted molar refractivity (Wildman–Crippen MR) is 112 cm³/mol. The number of guanidine groups is 1. The van der Waals surface area contributed by atoms with Gasteiger partial charge in [-0.05, 0) is 38.3 Å². The molecular weight excluding hydrogens is 437 g/mol. The van der Waals surface area contributed by atoms with Crippen LogP contribution in [0.3, 0.4) is 0 Å². The number of thiophene rings is 1. The van der Waals surface area contributed by atoms with Crippen molar-refractivity contribution < 1.29 is 9.84 Å². The van der Waals surface area contributed by atoms with Crippen molar-refractivity contribution in [3.05, 3.63) is 21.9 Å². The summed E-state index contributed by atoms with van der Waals surface area (Å²) in [4.78, 5) is 7.37. The number of aliphatic imine (C=N–C) groups is 1. The number of aryl methyl sites for hydroxylation is 1. The van der Waals surface area contributed by atoms with Crippen LogP contribution in [-0.2, 0) is 17.7 Å². The number of hydrogen-bond acceptors (Lipinski definition) is 4. The van der Waals surface area contributed by atoms with E-state index in [1.807, 2.05) is 11.3 Å². The van der Waals surface area contributed by atoms with Crippen LogP contribution in [0.1, 0.15) is 36.4 Å². The van der Waals surface area contributed by atoms with E-state index in [4.69, 9.17) is 4.74 Å². The number of halogens is 1. The zero-order valence-electron chi connectivity index (χ0n) is 14.6. The molecule has 1 aromatic rings. The maximum atomic E-state index is 9.31. The van der Waals surface area contributed by atoms with Gasteiger partial charge in [0, 0.05) is 41.5 Å². The van der Waals surface area contributed by atoms with Gasteiger partial charge in [0.15, 0.2) is 5.96 Å². The molecule has 1 saturated heterocycles. The van der Waals surface area contributed by atoms with Gasteiger partial charge in [0.25, 0.3) is 0 Å². The third-order valence-electron chi connectivity index (χ3n) is 4.26. The minimum atomic E-state index is 0. The van der Waals surface area contributed by atoms with E-state index in [-0.39, 0.29) is 36.0 Å². The second kappa shape index (κ2) is 11.3. The van der Waals surface area contributed by atoms with Gasteiger partial charge in [-0.25, -0.2) is 4.99 Å². The van der Waals surface area contributed by atoms with E-state index in [1.54, 1.807) is 0 Å². The van der Waals surface area contributed by atoms with Gasteiger partial charge in [0.2, 0.25) is 0 Å². The molecule has 3 N–H and O–H groups in total. The van der Waals surface area contributed by atoms with Gasteiger partial charge in [-0.15, -0.1) is 35.3 Å². The number of ether oxygens (including phenoxy) is 1.